The zero-order chi connectivity index (χ0) is 10.8. The Hall–Kier alpha value is -1.64. The minimum Gasteiger partial charge on any atom is -0.489 e. The first-order chi connectivity index (χ1) is 7.18. The number of allylic oxidation sites excluding steroid dienone is 1. The standard InChI is InChI=1S/C12H11FO2/c1-8-4-5-9(7-10(8)13)12(14)11-3-2-6-15-11/h3-5,7H,2,6H2,1H3. The molecular formula is C12H11FO2. The second-order valence-corrected chi connectivity index (χ2v) is 3.50. The predicted octanol–water partition coefficient (Wildman–Crippen LogP) is 2.62. The number of hydrogen-bond donors (Lipinski definition) is 0. The van der Waals surface area contributed by atoms with E-state index in [4.69, 9.17) is 4.74 Å². The van der Waals surface area contributed by atoms with Gasteiger partial charge in [-0.3, -0.25) is 4.79 Å². The van der Waals surface area contributed by atoms with Crippen molar-refractivity contribution in [1.82, 2.24) is 0 Å². The summed E-state index contributed by atoms with van der Waals surface area (Å²) in [6.07, 6.45) is 2.48. The molecule has 1 aliphatic heterocycles. The Balaban J connectivity index is 2.29. The number of ketones is 1. The highest BCUT2D eigenvalue weighted by atomic mass is 19.1. The van der Waals surface area contributed by atoms with Crippen LogP contribution in [0.15, 0.2) is 30.0 Å². The molecule has 0 saturated carbocycles. The molecule has 0 fully saturated rings. The highest BCUT2D eigenvalue weighted by Crippen LogP contribution is 2.17. The van der Waals surface area contributed by atoms with Crippen LogP contribution in [0.4, 0.5) is 4.39 Å². The van der Waals surface area contributed by atoms with Crippen LogP contribution in [-0.4, -0.2) is 12.4 Å². The molecule has 1 aliphatic rings. The maximum absolute atomic E-state index is 13.2. The molecule has 0 aliphatic carbocycles. The molecule has 0 N–H and O–H groups in total. The minimum atomic E-state index is -0.362. The minimum absolute atomic E-state index is 0.244. The molecule has 78 valence electrons. The van der Waals surface area contributed by atoms with E-state index in [2.05, 4.69) is 0 Å². The SMILES string of the molecule is Cc1ccc(C(=O)C2=CCCO2)cc1F. The number of benzene rings is 1. The van der Waals surface area contributed by atoms with Gasteiger partial charge in [0.1, 0.15) is 5.82 Å². The zero-order valence-corrected chi connectivity index (χ0v) is 8.42. The van der Waals surface area contributed by atoms with Crippen molar-refractivity contribution in [2.75, 3.05) is 6.61 Å². The molecule has 0 radical (unpaired) electrons. The van der Waals surface area contributed by atoms with Crippen LogP contribution in [-0.2, 0) is 4.74 Å². The summed E-state index contributed by atoms with van der Waals surface area (Å²) in [6, 6.07) is 4.46. The first kappa shape index (κ1) is 9.90. The van der Waals surface area contributed by atoms with Gasteiger partial charge in [0.05, 0.1) is 6.61 Å². The first-order valence-electron chi connectivity index (χ1n) is 4.82. The normalized spacial score (nSPS) is 14.7. The van der Waals surface area contributed by atoms with Gasteiger partial charge in [0.25, 0.3) is 0 Å². The van der Waals surface area contributed by atoms with Crippen LogP contribution in [0.2, 0.25) is 0 Å². The van der Waals surface area contributed by atoms with E-state index in [1.54, 1.807) is 25.1 Å². The van der Waals surface area contributed by atoms with Crippen molar-refractivity contribution in [3.8, 4) is 0 Å². The van der Waals surface area contributed by atoms with Gasteiger partial charge in [0.15, 0.2) is 5.76 Å². The molecule has 0 amide bonds. The summed E-state index contributed by atoms with van der Waals surface area (Å²) in [5.74, 6) is -0.274. The molecule has 0 aromatic heterocycles. The summed E-state index contributed by atoms with van der Waals surface area (Å²) in [5, 5.41) is 0. The Labute approximate surface area is 87.4 Å². The zero-order valence-electron chi connectivity index (χ0n) is 8.42. The lowest BCUT2D eigenvalue weighted by atomic mass is 10.1. The number of carbonyl (C=O) groups excluding carboxylic acids is 1. The van der Waals surface area contributed by atoms with Crippen LogP contribution >= 0.6 is 0 Å². The van der Waals surface area contributed by atoms with Crippen molar-refractivity contribution in [3.63, 3.8) is 0 Å². The van der Waals surface area contributed by atoms with Gasteiger partial charge in [-0.1, -0.05) is 12.1 Å². The molecular weight excluding hydrogens is 195 g/mol. The molecule has 0 atom stereocenters. The third kappa shape index (κ3) is 1.91. The molecule has 0 unspecified atom stereocenters. The van der Waals surface area contributed by atoms with Gasteiger partial charge in [-0.05, 0) is 24.6 Å². The van der Waals surface area contributed by atoms with Crippen molar-refractivity contribution in [3.05, 3.63) is 47.0 Å². The topological polar surface area (TPSA) is 26.3 Å². The van der Waals surface area contributed by atoms with Gasteiger partial charge in [-0.2, -0.15) is 0 Å². The van der Waals surface area contributed by atoms with Crippen molar-refractivity contribution < 1.29 is 13.9 Å². The van der Waals surface area contributed by atoms with Gasteiger partial charge in [0, 0.05) is 12.0 Å². The van der Waals surface area contributed by atoms with E-state index in [0.717, 1.165) is 6.42 Å². The van der Waals surface area contributed by atoms with Crippen LogP contribution in [0.1, 0.15) is 22.3 Å². The van der Waals surface area contributed by atoms with E-state index in [-0.39, 0.29) is 11.6 Å². The van der Waals surface area contributed by atoms with Crippen molar-refractivity contribution in [2.24, 2.45) is 0 Å². The molecule has 1 aromatic rings. The van der Waals surface area contributed by atoms with Gasteiger partial charge in [-0.25, -0.2) is 4.39 Å². The summed E-state index contributed by atoms with van der Waals surface area (Å²) in [5.41, 5.74) is 0.874. The summed E-state index contributed by atoms with van der Waals surface area (Å²) < 4.78 is 18.3. The molecule has 0 saturated heterocycles. The fraction of sp³-hybridized carbons (Fsp3) is 0.250. The van der Waals surface area contributed by atoms with Crippen LogP contribution in [0.3, 0.4) is 0 Å². The number of aryl methyl sites for hydroxylation is 1. The van der Waals surface area contributed by atoms with E-state index >= 15 is 0 Å². The average molecular weight is 206 g/mol. The third-order valence-corrected chi connectivity index (χ3v) is 2.36. The summed E-state index contributed by atoms with van der Waals surface area (Å²) in [4.78, 5) is 11.8. The predicted molar refractivity (Wildman–Crippen MR) is 54.1 cm³/mol. The molecule has 15 heavy (non-hydrogen) atoms. The fourth-order valence-electron chi connectivity index (χ4n) is 1.45. The second-order valence-electron chi connectivity index (χ2n) is 3.50. The maximum atomic E-state index is 13.2. The third-order valence-electron chi connectivity index (χ3n) is 2.36. The largest absolute Gasteiger partial charge is 0.489 e. The summed E-state index contributed by atoms with van der Waals surface area (Å²) in [6.45, 7) is 2.20. The smallest absolute Gasteiger partial charge is 0.227 e. The maximum Gasteiger partial charge on any atom is 0.227 e. The van der Waals surface area contributed by atoms with Gasteiger partial charge < -0.3 is 4.74 Å². The lowest BCUT2D eigenvalue weighted by molar-refractivity contribution is 0.0942. The van der Waals surface area contributed by atoms with Gasteiger partial charge >= 0.3 is 0 Å². The van der Waals surface area contributed by atoms with Crippen molar-refractivity contribution in [2.45, 2.75) is 13.3 Å². The van der Waals surface area contributed by atoms with Crippen molar-refractivity contribution in [1.29, 1.82) is 0 Å². The number of ether oxygens (including phenoxy) is 1. The quantitative estimate of drug-likeness (QED) is 0.695. The van der Waals surface area contributed by atoms with Crippen LogP contribution in [0, 0.1) is 12.7 Å². The van der Waals surface area contributed by atoms with E-state index in [1.165, 1.54) is 6.07 Å². The second kappa shape index (κ2) is 3.85. The molecule has 2 nitrogen and oxygen atoms in total. The number of halogens is 1. The Morgan fingerprint density at radius 3 is 2.87 bits per heavy atom. The molecule has 2 rings (SSSR count). The molecule has 1 heterocycles. The van der Waals surface area contributed by atoms with E-state index in [1.807, 2.05) is 0 Å². The average Bonchev–Trinajstić information content (AvgIpc) is 2.74. The number of rotatable bonds is 2. The Morgan fingerprint density at radius 2 is 2.27 bits per heavy atom. The highest BCUT2D eigenvalue weighted by molar-refractivity contribution is 6.07. The Kier molecular flexibility index (Phi) is 2.54. The summed E-state index contributed by atoms with van der Waals surface area (Å²) >= 11 is 0. The number of hydrogen-bond acceptors (Lipinski definition) is 2. The molecule has 0 bridgehead atoms. The van der Waals surface area contributed by atoms with Crippen molar-refractivity contribution >= 4 is 5.78 Å². The molecule has 3 heteroatoms. The Morgan fingerprint density at radius 1 is 1.47 bits per heavy atom. The summed E-state index contributed by atoms with van der Waals surface area (Å²) in [7, 11) is 0. The van der Waals surface area contributed by atoms with Crippen LogP contribution < -0.4 is 0 Å². The monoisotopic (exact) mass is 206 g/mol. The van der Waals surface area contributed by atoms with Gasteiger partial charge in [-0.15, -0.1) is 0 Å². The number of carbonyl (C=O) groups is 1. The lowest BCUT2D eigenvalue weighted by Gasteiger charge is -2.04. The van der Waals surface area contributed by atoms with E-state index in [0.29, 0.717) is 23.5 Å². The first-order valence-corrected chi connectivity index (χ1v) is 4.82. The highest BCUT2D eigenvalue weighted by Gasteiger charge is 2.17. The Bertz CT molecular complexity index is 435. The van der Waals surface area contributed by atoms with Crippen LogP contribution in [0.25, 0.3) is 0 Å². The number of Topliss-reactive ketones (excluding diaryl/α,β-unsaturated/α-hetero) is 1. The molecule has 0 spiro atoms. The van der Waals surface area contributed by atoms with E-state index < -0.39 is 0 Å². The van der Waals surface area contributed by atoms with E-state index in [9.17, 15) is 9.18 Å². The van der Waals surface area contributed by atoms with Crippen LogP contribution in [0.5, 0.6) is 0 Å². The molecule has 1 aromatic carbocycles. The fourth-order valence-corrected chi connectivity index (χ4v) is 1.45. The lowest BCUT2D eigenvalue weighted by Crippen LogP contribution is -2.04. The van der Waals surface area contributed by atoms with Gasteiger partial charge in [0.2, 0.25) is 5.78 Å².